The van der Waals surface area contributed by atoms with Gasteiger partial charge in [0.25, 0.3) is 0 Å². The summed E-state index contributed by atoms with van der Waals surface area (Å²) in [6, 6.07) is 10.4. The Bertz CT molecular complexity index is 1440. The summed E-state index contributed by atoms with van der Waals surface area (Å²) >= 11 is 0. The average Bonchev–Trinajstić information content (AvgIpc) is 3.04. The average molecular weight is 373 g/mol. The van der Waals surface area contributed by atoms with E-state index in [0.717, 1.165) is 27.5 Å². The molecule has 0 aliphatic heterocycles. The Kier molecular flexibility index (Phi) is 3.45. The van der Waals surface area contributed by atoms with Crippen LogP contribution >= 0.6 is 0 Å². The molecule has 0 aliphatic rings. The van der Waals surface area contributed by atoms with Crippen molar-refractivity contribution in [2.75, 3.05) is 0 Å². The number of nitriles is 1. The van der Waals surface area contributed by atoms with E-state index in [1.54, 1.807) is 13.8 Å². The van der Waals surface area contributed by atoms with Gasteiger partial charge in [0.2, 0.25) is 5.69 Å². The van der Waals surface area contributed by atoms with Gasteiger partial charge in [0, 0.05) is 31.2 Å². The molecule has 0 saturated heterocycles. The van der Waals surface area contributed by atoms with Crippen molar-refractivity contribution < 1.29 is 13.1 Å². The van der Waals surface area contributed by atoms with E-state index in [4.69, 9.17) is 8.53 Å². The lowest BCUT2D eigenvalue weighted by Gasteiger charge is -2.11. The van der Waals surface area contributed by atoms with Crippen molar-refractivity contribution in [1.29, 1.82) is 5.26 Å². The molecule has 0 atom stereocenters. The van der Waals surface area contributed by atoms with Crippen LogP contribution in [0.2, 0.25) is 0 Å². The van der Waals surface area contributed by atoms with Gasteiger partial charge in [0.05, 0.1) is 19.9 Å². The molecule has 0 spiro atoms. The Morgan fingerprint density at radius 1 is 1.18 bits per heavy atom. The zero-order valence-electron chi connectivity index (χ0n) is 20.1. The predicted octanol–water partition coefficient (Wildman–Crippen LogP) is 6.00. The van der Waals surface area contributed by atoms with Gasteiger partial charge in [-0.05, 0) is 48.6 Å². The summed E-state index contributed by atoms with van der Waals surface area (Å²) in [5.74, 6) is -1.09. The minimum absolute atomic E-state index is 0.158. The van der Waals surface area contributed by atoms with Gasteiger partial charge in [0.15, 0.2) is 5.69 Å². The molecule has 3 nitrogen and oxygen atoms in total. The van der Waals surface area contributed by atoms with E-state index in [-0.39, 0.29) is 12.1 Å². The van der Waals surface area contributed by atoms with Gasteiger partial charge in [-0.1, -0.05) is 26.0 Å². The minimum atomic E-state index is -1.09. The molecule has 0 amide bonds. The van der Waals surface area contributed by atoms with E-state index >= 15 is 0 Å². The number of hydrogen-bond acceptors (Lipinski definition) is 2. The van der Waals surface area contributed by atoms with Crippen molar-refractivity contribution >= 4 is 21.9 Å². The van der Waals surface area contributed by atoms with Crippen LogP contribution in [0, 0.1) is 32.1 Å². The molecule has 2 heterocycles. The second-order valence-corrected chi connectivity index (χ2v) is 7.65. The molecular weight excluding hydrogens is 344 g/mol. The quantitative estimate of drug-likeness (QED) is 0.405. The molecule has 28 heavy (non-hydrogen) atoms. The maximum absolute atomic E-state index is 9.69. The number of fused-ring (bicyclic) bond motifs is 3. The molecule has 0 fully saturated rings. The summed E-state index contributed by atoms with van der Waals surface area (Å²) in [6.45, 7) is 9.15. The molecule has 4 aromatic rings. The first-order chi connectivity index (χ1) is 14.5. The lowest BCUT2D eigenvalue weighted by Crippen LogP contribution is -2.35. The van der Waals surface area contributed by atoms with E-state index in [1.165, 1.54) is 0 Å². The van der Waals surface area contributed by atoms with E-state index in [1.807, 2.05) is 56.7 Å². The van der Waals surface area contributed by atoms with E-state index in [9.17, 15) is 5.26 Å². The van der Waals surface area contributed by atoms with Crippen LogP contribution in [-0.4, -0.2) is 0 Å². The van der Waals surface area contributed by atoms with Crippen molar-refractivity contribution in [3.8, 4) is 17.3 Å². The van der Waals surface area contributed by atoms with Crippen molar-refractivity contribution in [3.63, 3.8) is 0 Å². The van der Waals surface area contributed by atoms with Crippen LogP contribution in [0.15, 0.2) is 40.8 Å². The van der Waals surface area contributed by atoms with Crippen LogP contribution in [0.3, 0.4) is 0 Å². The number of rotatable bonds is 2. The Hall–Kier alpha value is -3.12. The van der Waals surface area contributed by atoms with Gasteiger partial charge in [0.1, 0.15) is 18.2 Å². The smallest absolute Gasteiger partial charge is 0.216 e. The standard InChI is InChI=1S/C25H25N2O/c1-14(2)18-11-17(5)27(6)21(12-18)23-16(4)7-8-20-24-19(13-26)9-15(3)10-22(24)28-25(20)23/h7-12,14H,1-6H3/q+1/i11D,12D,14D. The normalized spacial score (nSPS) is 13.4. The number of aryl methyl sites for hydroxylation is 2. The molecule has 0 bridgehead atoms. The molecule has 140 valence electrons. The molecule has 2 aromatic heterocycles. The number of hydrogen-bond donors (Lipinski definition) is 0. The number of pyridine rings is 1. The molecule has 0 N–H and O–H groups in total. The van der Waals surface area contributed by atoms with Crippen LogP contribution in [0.1, 0.15) is 51.8 Å². The summed E-state index contributed by atoms with van der Waals surface area (Å²) in [5.41, 5.74) is 6.14. The Morgan fingerprint density at radius 2 is 1.93 bits per heavy atom. The van der Waals surface area contributed by atoms with Crippen LogP contribution in [0.4, 0.5) is 0 Å². The zero-order chi connectivity index (χ0) is 22.8. The lowest BCUT2D eigenvalue weighted by atomic mass is 9.95. The van der Waals surface area contributed by atoms with E-state index < -0.39 is 5.89 Å². The topological polar surface area (TPSA) is 40.8 Å². The van der Waals surface area contributed by atoms with Gasteiger partial charge in [-0.2, -0.15) is 9.83 Å². The predicted molar refractivity (Wildman–Crippen MR) is 113 cm³/mol. The molecule has 0 saturated carbocycles. The van der Waals surface area contributed by atoms with Crippen molar-refractivity contribution in [3.05, 3.63) is 64.3 Å². The zero-order valence-corrected chi connectivity index (χ0v) is 17.1. The van der Waals surface area contributed by atoms with Gasteiger partial charge < -0.3 is 4.42 Å². The maximum atomic E-state index is 9.69. The first-order valence-corrected chi connectivity index (χ1v) is 9.34. The van der Waals surface area contributed by atoms with Crippen LogP contribution < -0.4 is 4.57 Å². The van der Waals surface area contributed by atoms with Crippen molar-refractivity contribution in [1.82, 2.24) is 0 Å². The molecule has 4 rings (SSSR count). The molecule has 0 radical (unpaired) electrons. The van der Waals surface area contributed by atoms with Gasteiger partial charge >= 0.3 is 0 Å². The number of nitrogens with zero attached hydrogens (tertiary/aromatic N) is 2. The van der Waals surface area contributed by atoms with Gasteiger partial charge in [-0.3, -0.25) is 0 Å². The fourth-order valence-electron chi connectivity index (χ4n) is 3.73. The summed E-state index contributed by atoms with van der Waals surface area (Å²) in [7, 11) is 1.84. The number of benzene rings is 2. The Balaban J connectivity index is 2.23. The van der Waals surface area contributed by atoms with Crippen LogP contribution in [-0.2, 0) is 7.05 Å². The van der Waals surface area contributed by atoms with Crippen LogP contribution in [0.5, 0.6) is 0 Å². The molecular formula is C25H25N2O+. The van der Waals surface area contributed by atoms with Crippen molar-refractivity contribution in [2.45, 2.75) is 40.5 Å². The molecule has 2 aromatic carbocycles. The Morgan fingerprint density at radius 3 is 2.61 bits per heavy atom. The number of furan rings is 1. The second-order valence-electron chi connectivity index (χ2n) is 7.65. The minimum Gasteiger partial charge on any atom is -0.455 e. The van der Waals surface area contributed by atoms with Crippen LogP contribution in [0.25, 0.3) is 33.2 Å². The highest BCUT2D eigenvalue weighted by Crippen LogP contribution is 2.39. The van der Waals surface area contributed by atoms with Gasteiger partial charge in [-0.15, -0.1) is 0 Å². The summed E-state index contributed by atoms with van der Waals surface area (Å²) in [6.07, 6.45) is 0. The highest BCUT2D eigenvalue weighted by Gasteiger charge is 2.24. The summed E-state index contributed by atoms with van der Waals surface area (Å²) in [4.78, 5) is 0. The summed E-state index contributed by atoms with van der Waals surface area (Å²) in [5, 5.41) is 11.3. The van der Waals surface area contributed by atoms with E-state index in [2.05, 4.69) is 6.07 Å². The third-order valence-corrected chi connectivity index (χ3v) is 5.34. The third-order valence-electron chi connectivity index (χ3n) is 5.34. The van der Waals surface area contributed by atoms with Gasteiger partial charge in [-0.25, -0.2) is 0 Å². The lowest BCUT2D eigenvalue weighted by molar-refractivity contribution is -0.666. The molecule has 0 unspecified atom stereocenters. The third kappa shape index (κ3) is 2.68. The van der Waals surface area contributed by atoms with E-state index in [0.29, 0.717) is 33.7 Å². The maximum Gasteiger partial charge on any atom is 0.216 e. The molecule has 0 aliphatic carbocycles. The molecule has 3 heteroatoms. The summed E-state index contributed by atoms with van der Waals surface area (Å²) < 4.78 is 34.2. The second kappa shape index (κ2) is 6.49. The monoisotopic (exact) mass is 372 g/mol. The Labute approximate surface area is 170 Å². The largest absolute Gasteiger partial charge is 0.455 e. The highest BCUT2D eigenvalue weighted by atomic mass is 16.3. The first kappa shape index (κ1) is 14.9. The SMILES string of the molecule is [2H]c1c(C([2H])(C)C)c([2H])c(-c2c(C)ccc3c2oc2cc(C)cc(C#N)c23)[n+](C)c1C. The first-order valence-electron chi connectivity index (χ1n) is 10.8. The fraction of sp³-hybridized carbons (Fsp3) is 0.280. The highest BCUT2D eigenvalue weighted by molar-refractivity contribution is 6.12. The fourth-order valence-corrected chi connectivity index (χ4v) is 3.73. The van der Waals surface area contributed by atoms with Crippen molar-refractivity contribution in [2.24, 2.45) is 7.05 Å². The number of aromatic nitrogens is 1.